The lowest BCUT2D eigenvalue weighted by atomic mass is 9.97. The lowest BCUT2D eigenvalue weighted by Gasteiger charge is -2.26. The Balaban J connectivity index is 5.01. The maximum Gasteiger partial charge on any atom is 0.322 e. The summed E-state index contributed by atoms with van der Waals surface area (Å²) in [6.45, 7) is 2.18. The molecule has 0 saturated heterocycles. The van der Waals surface area contributed by atoms with Gasteiger partial charge in [-0.05, 0) is 5.92 Å². The van der Waals surface area contributed by atoms with Crippen LogP contribution in [0.2, 0.25) is 0 Å². The normalized spacial score (nSPS) is 15.4. The molecule has 11 heteroatoms. The van der Waals surface area contributed by atoms with Crippen molar-refractivity contribution in [2.75, 3.05) is 18.9 Å². The minimum absolute atomic E-state index is 0.0948. The second-order valence-corrected chi connectivity index (χ2v) is 5.88. The monoisotopic (exact) mass is 378 g/mol. The van der Waals surface area contributed by atoms with E-state index in [1.807, 2.05) is 6.92 Å². The topological polar surface area (TPSA) is 171 Å². The maximum absolute atomic E-state index is 12.4. The summed E-state index contributed by atoms with van der Waals surface area (Å²) >= 11 is 3.92. The third-order valence-corrected chi connectivity index (χ3v) is 3.95. The number of aliphatic hydroxyl groups is 1. The van der Waals surface area contributed by atoms with Gasteiger partial charge in [-0.3, -0.25) is 19.2 Å². The molecule has 0 radical (unpaired) electrons. The Morgan fingerprint density at radius 1 is 1.12 bits per heavy atom. The molecule has 0 saturated carbocycles. The summed E-state index contributed by atoms with van der Waals surface area (Å²) in [5.74, 6) is -3.53. The predicted molar refractivity (Wildman–Crippen MR) is 92.9 cm³/mol. The van der Waals surface area contributed by atoms with Crippen LogP contribution < -0.4 is 21.7 Å². The van der Waals surface area contributed by atoms with E-state index in [9.17, 15) is 24.3 Å². The van der Waals surface area contributed by atoms with Crippen molar-refractivity contribution < 1.29 is 29.4 Å². The van der Waals surface area contributed by atoms with E-state index >= 15 is 0 Å². The predicted octanol–water partition coefficient (Wildman–Crippen LogP) is -2.55. The molecule has 0 rings (SSSR count). The zero-order valence-electron chi connectivity index (χ0n) is 14.2. The molecule has 4 unspecified atom stereocenters. The van der Waals surface area contributed by atoms with Crippen LogP contribution in [0.3, 0.4) is 0 Å². The van der Waals surface area contributed by atoms with E-state index < -0.39 is 55.0 Å². The first-order valence-corrected chi connectivity index (χ1v) is 8.38. The van der Waals surface area contributed by atoms with Crippen LogP contribution in [0.15, 0.2) is 0 Å². The highest BCUT2D eigenvalue weighted by atomic mass is 32.1. The van der Waals surface area contributed by atoms with Crippen LogP contribution in [0.1, 0.15) is 20.3 Å². The smallest absolute Gasteiger partial charge is 0.322 e. The molecule has 0 spiro atoms. The number of rotatable bonds is 11. The van der Waals surface area contributed by atoms with E-state index in [4.69, 9.17) is 10.8 Å². The van der Waals surface area contributed by atoms with Crippen molar-refractivity contribution in [3.8, 4) is 0 Å². The molecule has 0 aromatic carbocycles. The third kappa shape index (κ3) is 8.18. The molecule has 0 aromatic rings. The van der Waals surface area contributed by atoms with Crippen molar-refractivity contribution in [1.82, 2.24) is 16.0 Å². The second-order valence-electron chi connectivity index (χ2n) is 5.52. The Bertz CT molecular complexity index is 490. The van der Waals surface area contributed by atoms with Crippen LogP contribution in [-0.4, -0.2) is 70.9 Å². The van der Waals surface area contributed by atoms with Gasteiger partial charge in [-0.2, -0.15) is 12.6 Å². The van der Waals surface area contributed by atoms with Crippen molar-refractivity contribution in [1.29, 1.82) is 0 Å². The molecule has 0 bridgehead atoms. The highest BCUT2D eigenvalue weighted by molar-refractivity contribution is 7.80. The maximum atomic E-state index is 12.4. The van der Waals surface area contributed by atoms with E-state index in [1.165, 1.54) is 0 Å². The number of carboxylic acids is 1. The number of thiol groups is 1. The van der Waals surface area contributed by atoms with Gasteiger partial charge in [0.25, 0.3) is 0 Å². The van der Waals surface area contributed by atoms with Gasteiger partial charge in [-0.25, -0.2) is 0 Å². The summed E-state index contributed by atoms with van der Waals surface area (Å²) in [6, 6.07) is -3.20. The summed E-state index contributed by atoms with van der Waals surface area (Å²) in [6.07, 6.45) is 0.559. The van der Waals surface area contributed by atoms with E-state index in [2.05, 4.69) is 28.6 Å². The SMILES string of the molecule is CCC(C)C(NC(=O)C(N)CS)C(=O)NC(CO)C(=O)NCC(=O)O. The van der Waals surface area contributed by atoms with Crippen molar-refractivity contribution in [2.45, 2.75) is 38.4 Å². The molecule has 7 N–H and O–H groups in total. The van der Waals surface area contributed by atoms with Crippen LogP contribution in [0.25, 0.3) is 0 Å². The Hall–Kier alpha value is -1.85. The Labute approximate surface area is 151 Å². The summed E-state index contributed by atoms with van der Waals surface area (Å²) in [5, 5.41) is 24.7. The first kappa shape index (κ1) is 23.1. The van der Waals surface area contributed by atoms with Crippen LogP contribution >= 0.6 is 12.6 Å². The van der Waals surface area contributed by atoms with Crippen molar-refractivity contribution in [3.63, 3.8) is 0 Å². The molecule has 10 nitrogen and oxygen atoms in total. The number of carboxylic acid groups (broad SMARTS) is 1. The fraction of sp³-hybridized carbons (Fsp3) is 0.714. The summed E-state index contributed by atoms with van der Waals surface area (Å²) < 4.78 is 0. The summed E-state index contributed by atoms with van der Waals surface area (Å²) in [7, 11) is 0. The number of aliphatic hydroxyl groups excluding tert-OH is 1. The first-order valence-electron chi connectivity index (χ1n) is 7.75. The molecule has 144 valence electrons. The molecule has 0 aliphatic carbocycles. The summed E-state index contributed by atoms with van der Waals surface area (Å²) in [5.41, 5.74) is 5.57. The number of hydrogen-bond acceptors (Lipinski definition) is 7. The van der Waals surface area contributed by atoms with E-state index in [0.717, 1.165) is 0 Å². The van der Waals surface area contributed by atoms with Gasteiger partial charge >= 0.3 is 5.97 Å². The zero-order chi connectivity index (χ0) is 19.6. The molecule has 0 aliphatic heterocycles. The zero-order valence-corrected chi connectivity index (χ0v) is 15.1. The van der Waals surface area contributed by atoms with Crippen molar-refractivity contribution in [3.05, 3.63) is 0 Å². The number of nitrogens with two attached hydrogens (primary N) is 1. The minimum atomic E-state index is -1.34. The van der Waals surface area contributed by atoms with Gasteiger partial charge in [0.05, 0.1) is 12.6 Å². The minimum Gasteiger partial charge on any atom is -0.480 e. The van der Waals surface area contributed by atoms with Crippen LogP contribution in [0.5, 0.6) is 0 Å². The van der Waals surface area contributed by atoms with Crippen molar-refractivity contribution >= 4 is 36.3 Å². The average molecular weight is 378 g/mol. The van der Waals surface area contributed by atoms with Crippen molar-refractivity contribution in [2.24, 2.45) is 11.7 Å². The Kier molecular flexibility index (Phi) is 10.8. The second kappa shape index (κ2) is 11.7. The number of carbonyl (C=O) groups is 4. The molecular formula is C14H26N4O6S. The van der Waals surface area contributed by atoms with Crippen LogP contribution in [-0.2, 0) is 19.2 Å². The number of amides is 3. The third-order valence-electron chi connectivity index (χ3n) is 3.56. The van der Waals surface area contributed by atoms with E-state index in [1.54, 1.807) is 6.92 Å². The molecule has 25 heavy (non-hydrogen) atoms. The van der Waals surface area contributed by atoms with Gasteiger partial charge in [-0.1, -0.05) is 20.3 Å². The fourth-order valence-corrected chi connectivity index (χ4v) is 1.95. The highest BCUT2D eigenvalue weighted by Crippen LogP contribution is 2.09. The number of carbonyl (C=O) groups excluding carboxylic acids is 3. The highest BCUT2D eigenvalue weighted by Gasteiger charge is 2.30. The van der Waals surface area contributed by atoms with E-state index in [-0.39, 0.29) is 11.7 Å². The van der Waals surface area contributed by atoms with E-state index in [0.29, 0.717) is 6.42 Å². The van der Waals surface area contributed by atoms with Gasteiger partial charge in [0.2, 0.25) is 17.7 Å². The van der Waals surface area contributed by atoms with Gasteiger partial charge < -0.3 is 31.9 Å². The number of nitrogens with one attached hydrogen (secondary N) is 3. The van der Waals surface area contributed by atoms with Gasteiger partial charge in [0.1, 0.15) is 18.6 Å². The standard InChI is InChI=1S/C14H26N4O6S/c1-3-7(2)11(18-12(22)8(15)6-25)14(24)17-9(5-19)13(23)16-4-10(20)21/h7-9,11,19,25H,3-6,15H2,1-2H3,(H,16,23)(H,17,24)(H,18,22)(H,20,21). The molecule has 0 heterocycles. The first-order chi connectivity index (χ1) is 11.7. The number of hydrogen-bond donors (Lipinski definition) is 7. The quantitative estimate of drug-likeness (QED) is 0.194. The molecule has 0 aliphatic rings. The molecule has 4 atom stereocenters. The van der Waals surface area contributed by atoms with Gasteiger partial charge in [0.15, 0.2) is 0 Å². The van der Waals surface area contributed by atoms with Gasteiger partial charge in [-0.15, -0.1) is 0 Å². The average Bonchev–Trinajstić information content (AvgIpc) is 2.59. The van der Waals surface area contributed by atoms with Gasteiger partial charge in [0, 0.05) is 5.75 Å². The van der Waals surface area contributed by atoms with Crippen LogP contribution in [0, 0.1) is 5.92 Å². The molecule has 0 aromatic heterocycles. The Morgan fingerprint density at radius 3 is 2.16 bits per heavy atom. The van der Waals surface area contributed by atoms with Crippen LogP contribution in [0.4, 0.5) is 0 Å². The lowest BCUT2D eigenvalue weighted by Crippen LogP contribution is -2.58. The Morgan fingerprint density at radius 2 is 1.72 bits per heavy atom. The molecule has 3 amide bonds. The lowest BCUT2D eigenvalue weighted by molar-refractivity contribution is -0.139. The summed E-state index contributed by atoms with van der Waals surface area (Å²) in [4.78, 5) is 46.6. The molecule has 0 fully saturated rings. The largest absolute Gasteiger partial charge is 0.480 e. The number of aliphatic carboxylic acids is 1. The molecular weight excluding hydrogens is 352 g/mol. The fourth-order valence-electron chi connectivity index (χ4n) is 1.79.